The predicted molar refractivity (Wildman–Crippen MR) is 32.2 cm³/mol. The van der Waals surface area contributed by atoms with E-state index in [1.807, 2.05) is 0 Å². The lowest BCUT2D eigenvalue weighted by molar-refractivity contribution is -0.175. The molecule has 0 spiro atoms. The zero-order chi connectivity index (χ0) is 9.35. The number of ketones is 1. The first-order valence-electron chi connectivity index (χ1n) is 3.31. The van der Waals surface area contributed by atoms with Gasteiger partial charge in [-0.1, -0.05) is 0 Å². The summed E-state index contributed by atoms with van der Waals surface area (Å²) in [5, 5.41) is 1.59. The molecule has 0 aromatic heterocycles. The number of Topliss-reactive ketones (excluding diaryl/α,β-unsaturated/α-hetero) is 1. The maximum atomic E-state index is 11.6. The average Bonchev–Trinajstić information content (AvgIpc) is 1.95. The number of carbonyl (C=O) groups excluding carboxylic acids is 2. The molecule has 6 heteroatoms. The Morgan fingerprint density at radius 1 is 1.50 bits per heavy atom. The van der Waals surface area contributed by atoms with Crippen molar-refractivity contribution in [2.45, 2.75) is 25.1 Å². The molecule has 0 aromatic rings. The van der Waals surface area contributed by atoms with Crippen LogP contribution in [0, 0.1) is 0 Å². The van der Waals surface area contributed by atoms with E-state index >= 15 is 0 Å². The summed E-state index contributed by atoms with van der Waals surface area (Å²) >= 11 is 0. The first kappa shape index (κ1) is 9.02. The highest BCUT2D eigenvalue weighted by molar-refractivity contribution is 5.94. The van der Waals surface area contributed by atoms with E-state index in [0.29, 0.717) is 6.42 Å². The number of rotatable bonds is 1. The van der Waals surface area contributed by atoms with Gasteiger partial charge in [0, 0.05) is 6.42 Å². The van der Waals surface area contributed by atoms with Crippen LogP contribution in [0.5, 0.6) is 0 Å². The Morgan fingerprint density at radius 2 is 2.08 bits per heavy atom. The van der Waals surface area contributed by atoms with Crippen LogP contribution < -0.4 is 5.32 Å². The van der Waals surface area contributed by atoms with Crippen LogP contribution in [0.15, 0.2) is 0 Å². The fraction of sp³-hybridized carbons (Fsp3) is 0.667. The molecule has 12 heavy (non-hydrogen) atoms. The van der Waals surface area contributed by atoms with E-state index in [2.05, 4.69) is 0 Å². The summed E-state index contributed by atoms with van der Waals surface area (Å²) in [6.45, 7) is 0. The topological polar surface area (TPSA) is 46.2 Å². The van der Waals surface area contributed by atoms with E-state index < -0.39 is 18.1 Å². The minimum Gasteiger partial charge on any atom is -0.338 e. The quantitative estimate of drug-likeness (QED) is 0.636. The molecule has 1 aliphatic rings. The van der Waals surface area contributed by atoms with Crippen LogP contribution in [-0.2, 0) is 9.59 Å². The van der Waals surface area contributed by atoms with E-state index in [-0.39, 0.29) is 12.2 Å². The van der Waals surface area contributed by atoms with Gasteiger partial charge in [-0.25, -0.2) is 0 Å². The molecule has 0 aliphatic heterocycles. The summed E-state index contributed by atoms with van der Waals surface area (Å²) in [6, 6.07) is -0.917. The Labute approximate surface area is 65.9 Å². The zero-order valence-corrected chi connectivity index (χ0v) is 5.94. The molecule has 1 amide bonds. The van der Waals surface area contributed by atoms with Crippen LogP contribution in [0.25, 0.3) is 0 Å². The molecular formula is C6H6F3NO2. The van der Waals surface area contributed by atoms with E-state index in [0.717, 1.165) is 0 Å². The van der Waals surface area contributed by atoms with Gasteiger partial charge in [0.05, 0.1) is 6.04 Å². The molecule has 1 fully saturated rings. The normalized spacial score (nSPS) is 23.2. The van der Waals surface area contributed by atoms with Crippen molar-refractivity contribution < 1.29 is 22.8 Å². The van der Waals surface area contributed by atoms with Crippen molar-refractivity contribution in [3.05, 3.63) is 0 Å². The minimum atomic E-state index is -4.89. The Kier molecular flexibility index (Phi) is 2.08. The second-order valence-electron chi connectivity index (χ2n) is 2.53. The van der Waals surface area contributed by atoms with E-state index in [1.54, 1.807) is 5.32 Å². The molecule has 0 radical (unpaired) electrons. The highest BCUT2D eigenvalue weighted by atomic mass is 19.4. The molecule has 0 aromatic carbocycles. The third kappa shape index (κ3) is 1.75. The fourth-order valence-electron chi connectivity index (χ4n) is 0.799. The second-order valence-corrected chi connectivity index (χ2v) is 2.53. The Morgan fingerprint density at radius 3 is 2.33 bits per heavy atom. The lowest BCUT2D eigenvalue weighted by Crippen LogP contribution is -2.51. The van der Waals surface area contributed by atoms with E-state index in [1.165, 1.54) is 0 Å². The first-order valence-corrected chi connectivity index (χ1v) is 3.31. The van der Waals surface area contributed by atoms with Gasteiger partial charge in [0.1, 0.15) is 0 Å². The Balaban J connectivity index is 2.42. The SMILES string of the molecule is O=C1CCC1NC(=O)C(F)(F)F. The standard InChI is InChI=1S/C6H6F3NO2/c7-6(8,9)5(12)10-3-1-2-4(3)11/h3H,1-2H2,(H,10,12). The molecule has 1 unspecified atom stereocenters. The lowest BCUT2D eigenvalue weighted by atomic mass is 9.91. The molecule has 0 heterocycles. The maximum absolute atomic E-state index is 11.6. The van der Waals surface area contributed by atoms with Crippen molar-refractivity contribution in [1.29, 1.82) is 0 Å². The van der Waals surface area contributed by atoms with E-state index in [9.17, 15) is 22.8 Å². The minimum absolute atomic E-state index is 0.253. The Hall–Kier alpha value is -1.07. The highest BCUT2D eigenvalue weighted by Crippen LogP contribution is 2.18. The summed E-state index contributed by atoms with van der Waals surface area (Å²) in [7, 11) is 0. The van der Waals surface area contributed by atoms with Gasteiger partial charge in [0.25, 0.3) is 0 Å². The van der Waals surface area contributed by atoms with Crippen LogP contribution in [0.3, 0.4) is 0 Å². The molecule has 68 valence electrons. The fourth-order valence-corrected chi connectivity index (χ4v) is 0.799. The summed E-state index contributed by atoms with van der Waals surface area (Å²) in [4.78, 5) is 20.7. The molecular weight excluding hydrogens is 175 g/mol. The number of nitrogens with one attached hydrogen (secondary N) is 1. The lowest BCUT2D eigenvalue weighted by Gasteiger charge is -2.25. The molecule has 1 N–H and O–H groups in total. The van der Waals surface area contributed by atoms with Crippen molar-refractivity contribution in [3.63, 3.8) is 0 Å². The van der Waals surface area contributed by atoms with Crippen LogP contribution in [0.2, 0.25) is 0 Å². The van der Waals surface area contributed by atoms with Crippen molar-refractivity contribution in [3.8, 4) is 0 Å². The van der Waals surface area contributed by atoms with Crippen molar-refractivity contribution in [2.75, 3.05) is 0 Å². The van der Waals surface area contributed by atoms with Gasteiger partial charge in [-0.15, -0.1) is 0 Å². The maximum Gasteiger partial charge on any atom is 0.471 e. The summed E-state index contributed by atoms with van der Waals surface area (Å²) in [5.74, 6) is -2.38. The van der Waals surface area contributed by atoms with Gasteiger partial charge in [0.15, 0.2) is 5.78 Å². The molecule has 1 rings (SSSR count). The molecule has 0 bridgehead atoms. The molecule has 1 atom stereocenters. The highest BCUT2D eigenvalue weighted by Gasteiger charge is 2.42. The van der Waals surface area contributed by atoms with Crippen LogP contribution in [-0.4, -0.2) is 23.9 Å². The van der Waals surface area contributed by atoms with Gasteiger partial charge in [-0.05, 0) is 6.42 Å². The predicted octanol–water partition coefficient (Wildman–Crippen LogP) is 0.396. The van der Waals surface area contributed by atoms with Gasteiger partial charge < -0.3 is 5.32 Å². The molecule has 1 aliphatic carbocycles. The largest absolute Gasteiger partial charge is 0.471 e. The second kappa shape index (κ2) is 2.76. The third-order valence-electron chi connectivity index (χ3n) is 1.63. The molecule has 1 saturated carbocycles. The summed E-state index contributed by atoms with van der Waals surface area (Å²) < 4.78 is 34.7. The van der Waals surface area contributed by atoms with Crippen molar-refractivity contribution in [2.24, 2.45) is 0 Å². The number of carbonyl (C=O) groups is 2. The van der Waals surface area contributed by atoms with Gasteiger partial charge in [-0.2, -0.15) is 13.2 Å². The van der Waals surface area contributed by atoms with Gasteiger partial charge in [0.2, 0.25) is 0 Å². The van der Waals surface area contributed by atoms with Gasteiger partial charge >= 0.3 is 12.1 Å². The summed E-state index contributed by atoms with van der Waals surface area (Å²) in [6.07, 6.45) is -4.33. The first-order chi connectivity index (χ1) is 5.41. The van der Waals surface area contributed by atoms with E-state index in [4.69, 9.17) is 0 Å². The number of hydrogen-bond acceptors (Lipinski definition) is 2. The van der Waals surface area contributed by atoms with Crippen LogP contribution >= 0.6 is 0 Å². The summed E-state index contributed by atoms with van der Waals surface area (Å²) in [5.41, 5.74) is 0. The smallest absolute Gasteiger partial charge is 0.338 e. The van der Waals surface area contributed by atoms with Crippen molar-refractivity contribution in [1.82, 2.24) is 5.32 Å². The van der Waals surface area contributed by atoms with Crippen molar-refractivity contribution >= 4 is 11.7 Å². The number of halogens is 3. The molecule has 3 nitrogen and oxygen atoms in total. The average molecular weight is 181 g/mol. The monoisotopic (exact) mass is 181 g/mol. The number of hydrogen-bond donors (Lipinski definition) is 1. The van der Waals surface area contributed by atoms with Crippen LogP contribution in [0.1, 0.15) is 12.8 Å². The number of amides is 1. The molecule has 0 saturated heterocycles. The van der Waals surface area contributed by atoms with Gasteiger partial charge in [-0.3, -0.25) is 9.59 Å². The number of alkyl halides is 3. The van der Waals surface area contributed by atoms with Crippen LogP contribution in [0.4, 0.5) is 13.2 Å². The third-order valence-corrected chi connectivity index (χ3v) is 1.63. The zero-order valence-electron chi connectivity index (χ0n) is 5.94. The Bertz CT molecular complexity index is 223.